The van der Waals surface area contributed by atoms with E-state index in [0.717, 1.165) is 21.6 Å². The number of ether oxygens (including phenoxy) is 1. The molecule has 0 saturated heterocycles. The summed E-state index contributed by atoms with van der Waals surface area (Å²) >= 11 is 0. The van der Waals surface area contributed by atoms with Gasteiger partial charge in [-0.3, -0.25) is 24.1 Å². The third-order valence-electron chi connectivity index (χ3n) is 4.92. The topological polar surface area (TPSA) is 80.8 Å². The second kappa shape index (κ2) is 7.76. The summed E-state index contributed by atoms with van der Waals surface area (Å²) in [7, 11) is 0. The van der Waals surface area contributed by atoms with Gasteiger partial charge in [-0.15, -0.1) is 0 Å². The number of carbonyl (C=O) groups is 4. The van der Waals surface area contributed by atoms with Crippen molar-refractivity contribution in [2.75, 3.05) is 13.2 Å². The number of benzene rings is 2. The lowest BCUT2D eigenvalue weighted by Gasteiger charge is -2.13. The Labute approximate surface area is 163 Å². The molecule has 0 aromatic heterocycles. The summed E-state index contributed by atoms with van der Waals surface area (Å²) in [5, 5.41) is 0. The maximum atomic E-state index is 12.4. The van der Waals surface area contributed by atoms with E-state index in [1.54, 1.807) is 30.3 Å². The largest absolute Gasteiger partial charge is 0.457 e. The molecule has 1 aliphatic heterocycles. The summed E-state index contributed by atoms with van der Waals surface area (Å²) in [6.45, 7) is 5.27. The molecule has 0 fully saturated rings. The van der Waals surface area contributed by atoms with E-state index in [2.05, 4.69) is 0 Å². The van der Waals surface area contributed by atoms with Crippen LogP contribution < -0.4 is 0 Å². The van der Waals surface area contributed by atoms with E-state index in [0.29, 0.717) is 16.7 Å². The van der Waals surface area contributed by atoms with Crippen LogP contribution in [0.3, 0.4) is 0 Å². The van der Waals surface area contributed by atoms with Gasteiger partial charge in [-0.25, -0.2) is 0 Å². The van der Waals surface area contributed by atoms with E-state index < -0.39 is 17.8 Å². The first kappa shape index (κ1) is 19.5. The summed E-state index contributed by atoms with van der Waals surface area (Å²) in [6.07, 6.45) is -0.162. The van der Waals surface area contributed by atoms with Crippen LogP contribution in [0.1, 0.15) is 54.2 Å². The van der Waals surface area contributed by atoms with Crippen LogP contribution in [-0.4, -0.2) is 41.6 Å². The lowest BCUT2D eigenvalue weighted by Crippen LogP contribution is -2.32. The van der Waals surface area contributed by atoms with Gasteiger partial charge in [-0.2, -0.15) is 0 Å². The van der Waals surface area contributed by atoms with Crippen molar-refractivity contribution in [1.82, 2.24) is 4.90 Å². The predicted molar refractivity (Wildman–Crippen MR) is 102 cm³/mol. The van der Waals surface area contributed by atoms with Crippen molar-refractivity contribution in [3.8, 4) is 0 Å². The number of ketones is 1. The number of fused-ring (bicyclic) bond motifs is 1. The van der Waals surface area contributed by atoms with Crippen molar-refractivity contribution in [2.45, 2.75) is 27.2 Å². The fourth-order valence-electron chi connectivity index (χ4n) is 3.20. The molecule has 0 saturated carbocycles. The van der Waals surface area contributed by atoms with E-state index >= 15 is 0 Å². The zero-order valence-electron chi connectivity index (χ0n) is 16.1. The van der Waals surface area contributed by atoms with Gasteiger partial charge in [0.15, 0.2) is 6.61 Å². The monoisotopic (exact) mass is 379 g/mol. The molecule has 0 radical (unpaired) electrons. The second-order valence-corrected chi connectivity index (χ2v) is 6.89. The van der Waals surface area contributed by atoms with Crippen LogP contribution in [0.15, 0.2) is 36.4 Å². The van der Waals surface area contributed by atoms with Crippen molar-refractivity contribution in [2.24, 2.45) is 0 Å². The van der Waals surface area contributed by atoms with Gasteiger partial charge in [0.25, 0.3) is 11.8 Å². The molecule has 0 bridgehead atoms. The van der Waals surface area contributed by atoms with Gasteiger partial charge in [-0.05, 0) is 55.7 Å². The number of nitrogens with zero attached hydrogens (tertiary/aromatic N) is 1. The van der Waals surface area contributed by atoms with Gasteiger partial charge >= 0.3 is 5.97 Å². The first-order valence-electron chi connectivity index (χ1n) is 9.01. The number of aryl methyl sites for hydroxylation is 3. The summed E-state index contributed by atoms with van der Waals surface area (Å²) in [5.41, 5.74) is 4.10. The van der Waals surface area contributed by atoms with E-state index in [4.69, 9.17) is 4.74 Å². The van der Waals surface area contributed by atoms with Crippen molar-refractivity contribution in [1.29, 1.82) is 0 Å². The fourth-order valence-corrected chi connectivity index (χ4v) is 3.20. The first-order valence-corrected chi connectivity index (χ1v) is 9.01. The first-order chi connectivity index (χ1) is 13.3. The number of imide groups is 1. The molecule has 6 nitrogen and oxygen atoms in total. The average Bonchev–Trinajstić information content (AvgIpc) is 2.92. The van der Waals surface area contributed by atoms with E-state index in [9.17, 15) is 19.2 Å². The molecular weight excluding hydrogens is 358 g/mol. The van der Waals surface area contributed by atoms with Crippen molar-refractivity contribution in [3.05, 3.63) is 69.8 Å². The molecule has 2 aromatic carbocycles. The molecule has 0 unspecified atom stereocenters. The maximum absolute atomic E-state index is 12.4. The lowest BCUT2D eigenvalue weighted by molar-refractivity contribution is -0.142. The lowest BCUT2D eigenvalue weighted by atomic mass is 9.98. The molecular formula is C22H21NO5. The second-order valence-electron chi connectivity index (χ2n) is 6.89. The Morgan fingerprint density at radius 2 is 1.46 bits per heavy atom. The number of rotatable bonds is 6. The smallest absolute Gasteiger partial charge is 0.308 e. The number of Topliss-reactive ketones (excluding diaryl/α,β-unsaturated/α-hetero) is 1. The molecule has 0 aliphatic carbocycles. The number of hydrogen-bond acceptors (Lipinski definition) is 5. The molecule has 0 N–H and O–H groups in total. The molecule has 6 heteroatoms. The number of amides is 2. The van der Waals surface area contributed by atoms with Crippen molar-refractivity contribution < 1.29 is 23.9 Å². The normalized spacial score (nSPS) is 12.9. The molecule has 0 atom stereocenters. The highest BCUT2D eigenvalue weighted by atomic mass is 16.5. The van der Waals surface area contributed by atoms with Crippen LogP contribution in [-0.2, 0) is 9.53 Å². The third kappa shape index (κ3) is 3.71. The third-order valence-corrected chi connectivity index (χ3v) is 4.92. The SMILES string of the molecule is Cc1cc(C)c(C(=O)COC(=O)CCN2C(=O)c3ccccc3C2=O)cc1C. The molecule has 2 amide bonds. The molecule has 3 rings (SSSR count). The predicted octanol–water partition coefficient (Wildman–Crippen LogP) is 3.02. The highest BCUT2D eigenvalue weighted by Crippen LogP contribution is 2.22. The van der Waals surface area contributed by atoms with Gasteiger partial charge in [0, 0.05) is 12.1 Å². The summed E-state index contributed by atoms with van der Waals surface area (Å²) in [4.78, 5) is 49.9. The number of esters is 1. The Balaban J connectivity index is 1.55. The zero-order valence-corrected chi connectivity index (χ0v) is 16.1. The molecule has 28 heavy (non-hydrogen) atoms. The molecule has 0 spiro atoms. The highest BCUT2D eigenvalue weighted by molar-refractivity contribution is 6.21. The van der Waals surface area contributed by atoms with Gasteiger partial charge in [0.2, 0.25) is 5.78 Å². The Kier molecular flexibility index (Phi) is 5.40. The van der Waals surface area contributed by atoms with Gasteiger partial charge in [0.1, 0.15) is 0 Å². The standard InChI is InChI=1S/C22H21NO5/c1-13-10-15(3)18(11-14(13)2)19(24)12-28-20(25)8-9-23-21(26)16-6-4-5-7-17(16)22(23)27/h4-7,10-11H,8-9,12H2,1-3H3. The van der Waals surface area contributed by atoms with Crippen LogP contribution in [0.5, 0.6) is 0 Å². The van der Waals surface area contributed by atoms with Crippen molar-refractivity contribution >= 4 is 23.6 Å². The molecule has 1 heterocycles. The van der Waals surface area contributed by atoms with Crippen LogP contribution in [0, 0.1) is 20.8 Å². The van der Waals surface area contributed by atoms with E-state index in [1.807, 2.05) is 26.8 Å². The van der Waals surface area contributed by atoms with Gasteiger partial charge in [0.05, 0.1) is 17.5 Å². The Bertz CT molecular complexity index is 957. The molecule has 1 aliphatic rings. The zero-order chi connectivity index (χ0) is 20.4. The summed E-state index contributed by atoms with van der Waals surface area (Å²) < 4.78 is 5.05. The highest BCUT2D eigenvalue weighted by Gasteiger charge is 2.35. The fraction of sp³-hybridized carbons (Fsp3) is 0.273. The summed E-state index contributed by atoms with van der Waals surface area (Å²) in [5.74, 6) is -1.76. The molecule has 2 aromatic rings. The quantitative estimate of drug-likeness (QED) is 0.438. The Hall–Kier alpha value is -3.28. The minimum Gasteiger partial charge on any atom is -0.457 e. The van der Waals surface area contributed by atoms with Crippen molar-refractivity contribution in [3.63, 3.8) is 0 Å². The number of carbonyl (C=O) groups excluding carboxylic acids is 4. The molecule has 144 valence electrons. The van der Waals surface area contributed by atoms with Gasteiger partial charge < -0.3 is 4.74 Å². The maximum Gasteiger partial charge on any atom is 0.308 e. The van der Waals surface area contributed by atoms with Crippen LogP contribution in [0.2, 0.25) is 0 Å². The average molecular weight is 379 g/mol. The Morgan fingerprint density at radius 3 is 2.07 bits per heavy atom. The Morgan fingerprint density at radius 1 is 0.893 bits per heavy atom. The van der Waals surface area contributed by atoms with Crippen LogP contribution in [0.25, 0.3) is 0 Å². The number of hydrogen-bond donors (Lipinski definition) is 0. The van der Waals surface area contributed by atoms with Crippen LogP contribution in [0.4, 0.5) is 0 Å². The van der Waals surface area contributed by atoms with E-state index in [-0.39, 0.29) is 25.4 Å². The van der Waals surface area contributed by atoms with Crippen LogP contribution >= 0.6 is 0 Å². The minimum absolute atomic E-state index is 0.0813. The summed E-state index contributed by atoms with van der Waals surface area (Å²) in [6, 6.07) is 10.2. The van der Waals surface area contributed by atoms with Gasteiger partial charge in [-0.1, -0.05) is 18.2 Å². The minimum atomic E-state index is -0.633. The van der Waals surface area contributed by atoms with E-state index in [1.165, 1.54) is 0 Å².